The average molecular weight is 332 g/mol. The van der Waals surface area contributed by atoms with Crippen molar-refractivity contribution < 1.29 is 4.79 Å². The summed E-state index contributed by atoms with van der Waals surface area (Å²) in [6.07, 6.45) is 1.73. The molecule has 1 aliphatic heterocycles. The largest absolute Gasteiger partial charge is 0.353 e. The minimum atomic E-state index is 0.123. The number of benzene rings is 1. The van der Waals surface area contributed by atoms with Crippen LogP contribution in [0.4, 0.5) is 17.5 Å². The van der Waals surface area contributed by atoms with Crippen LogP contribution < -0.4 is 10.2 Å². The summed E-state index contributed by atoms with van der Waals surface area (Å²) in [5.41, 5.74) is 0.882. The Hall–Kier alpha value is -2.34. The highest BCUT2D eigenvalue weighted by Crippen LogP contribution is 2.19. The lowest BCUT2D eigenvalue weighted by Crippen LogP contribution is -2.48. The number of carbonyl (C=O) groups excluding carboxylic acids is 1. The second-order valence-corrected chi connectivity index (χ2v) is 5.80. The van der Waals surface area contributed by atoms with Crippen molar-refractivity contribution in [1.82, 2.24) is 14.9 Å². The molecule has 2 aromatic rings. The molecule has 0 atom stereocenters. The summed E-state index contributed by atoms with van der Waals surface area (Å²) in [4.78, 5) is 24.2. The zero-order valence-electron chi connectivity index (χ0n) is 12.9. The molecule has 1 amide bonds. The van der Waals surface area contributed by atoms with E-state index in [1.165, 1.54) is 0 Å². The Morgan fingerprint density at radius 3 is 2.48 bits per heavy atom. The van der Waals surface area contributed by atoms with Crippen molar-refractivity contribution in [3.8, 4) is 0 Å². The molecule has 1 aliphatic rings. The van der Waals surface area contributed by atoms with E-state index in [-0.39, 0.29) is 5.91 Å². The van der Waals surface area contributed by atoms with Crippen LogP contribution in [0.2, 0.25) is 5.02 Å². The van der Waals surface area contributed by atoms with Crippen molar-refractivity contribution in [2.24, 2.45) is 0 Å². The Morgan fingerprint density at radius 1 is 1.13 bits per heavy atom. The summed E-state index contributed by atoms with van der Waals surface area (Å²) in [5, 5.41) is 3.85. The van der Waals surface area contributed by atoms with Gasteiger partial charge in [-0.1, -0.05) is 11.6 Å². The smallest absolute Gasteiger partial charge is 0.229 e. The molecule has 1 fully saturated rings. The van der Waals surface area contributed by atoms with E-state index in [9.17, 15) is 4.79 Å². The topological polar surface area (TPSA) is 61.4 Å². The number of nitrogens with one attached hydrogen (secondary N) is 1. The van der Waals surface area contributed by atoms with Gasteiger partial charge in [0.1, 0.15) is 5.82 Å². The van der Waals surface area contributed by atoms with Crippen LogP contribution in [0.1, 0.15) is 6.92 Å². The lowest BCUT2D eigenvalue weighted by Gasteiger charge is -2.34. The molecule has 6 nitrogen and oxygen atoms in total. The summed E-state index contributed by atoms with van der Waals surface area (Å²) in [5.74, 6) is 1.52. The van der Waals surface area contributed by atoms with Crippen molar-refractivity contribution in [2.75, 3.05) is 36.4 Å². The van der Waals surface area contributed by atoms with Gasteiger partial charge in [-0.3, -0.25) is 4.79 Å². The van der Waals surface area contributed by atoms with Crippen LogP contribution in [0, 0.1) is 0 Å². The minimum absolute atomic E-state index is 0.123. The third-order valence-corrected chi connectivity index (χ3v) is 4.04. The zero-order chi connectivity index (χ0) is 16.2. The van der Waals surface area contributed by atoms with Gasteiger partial charge in [0.25, 0.3) is 0 Å². The van der Waals surface area contributed by atoms with Crippen molar-refractivity contribution >= 4 is 35.0 Å². The molecule has 1 aromatic heterocycles. The first-order valence-electron chi connectivity index (χ1n) is 7.48. The lowest BCUT2D eigenvalue weighted by atomic mass is 10.3. The molecule has 0 saturated carbocycles. The molecule has 7 heteroatoms. The monoisotopic (exact) mass is 331 g/mol. The number of piperazine rings is 1. The molecule has 0 unspecified atom stereocenters. The van der Waals surface area contributed by atoms with Gasteiger partial charge in [0.05, 0.1) is 0 Å². The molecule has 0 aliphatic carbocycles. The van der Waals surface area contributed by atoms with E-state index in [1.807, 2.05) is 35.2 Å². The number of hydrogen-bond donors (Lipinski definition) is 1. The van der Waals surface area contributed by atoms with Crippen molar-refractivity contribution in [1.29, 1.82) is 0 Å². The van der Waals surface area contributed by atoms with Gasteiger partial charge in [0.2, 0.25) is 11.9 Å². The predicted molar refractivity (Wildman–Crippen MR) is 91.2 cm³/mol. The van der Waals surface area contributed by atoms with Gasteiger partial charge >= 0.3 is 0 Å². The molecule has 2 heterocycles. The van der Waals surface area contributed by atoms with E-state index in [0.29, 0.717) is 11.0 Å². The third-order valence-electron chi connectivity index (χ3n) is 3.79. The van der Waals surface area contributed by atoms with Crippen LogP contribution in [0.3, 0.4) is 0 Å². The van der Waals surface area contributed by atoms with E-state index in [4.69, 9.17) is 11.6 Å². The van der Waals surface area contributed by atoms with Gasteiger partial charge in [-0.2, -0.15) is 4.98 Å². The number of nitrogens with zero attached hydrogens (tertiary/aromatic N) is 4. The number of halogens is 1. The summed E-state index contributed by atoms with van der Waals surface area (Å²) in [7, 11) is 0. The van der Waals surface area contributed by atoms with Crippen LogP contribution in [0.25, 0.3) is 0 Å². The molecular weight excluding hydrogens is 314 g/mol. The Balaban J connectivity index is 1.68. The van der Waals surface area contributed by atoms with E-state index in [0.717, 1.165) is 37.7 Å². The van der Waals surface area contributed by atoms with Gasteiger partial charge < -0.3 is 15.1 Å². The molecule has 3 rings (SSSR count). The van der Waals surface area contributed by atoms with Crippen molar-refractivity contribution in [2.45, 2.75) is 6.92 Å². The maximum absolute atomic E-state index is 11.4. The fourth-order valence-electron chi connectivity index (χ4n) is 2.50. The molecular formula is C16H18ClN5O. The van der Waals surface area contributed by atoms with Crippen LogP contribution in [0.15, 0.2) is 36.5 Å². The van der Waals surface area contributed by atoms with Crippen molar-refractivity contribution in [3.05, 3.63) is 41.6 Å². The van der Waals surface area contributed by atoms with Crippen LogP contribution in [-0.2, 0) is 4.79 Å². The molecule has 0 spiro atoms. The highest BCUT2D eigenvalue weighted by Gasteiger charge is 2.19. The third kappa shape index (κ3) is 3.90. The number of amides is 1. The highest BCUT2D eigenvalue weighted by atomic mass is 35.5. The maximum atomic E-state index is 11.4. The van der Waals surface area contributed by atoms with E-state index < -0.39 is 0 Å². The van der Waals surface area contributed by atoms with Crippen LogP contribution in [0.5, 0.6) is 0 Å². The molecule has 0 bridgehead atoms. The first-order chi connectivity index (χ1) is 11.1. The predicted octanol–water partition coefficient (Wildman–Crippen LogP) is 2.54. The number of anilines is 3. The van der Waals surface area contributed by atoms with Gasteiger partial charge in [-0.05, 0) is 30.3 Å². The molecule has 1 N–H and O–H groups in total. The molecule has 23 heavy (non-hydrogen) atoms. The van der Waals surface area contributed by atoms with Gasteiger partial charge in [-0.15, -0.1) is 0 Å². The summed E-state index contributed by atoms with van der Waals surface area (Å²) in [6.45, 7) is 4.60. The summed E-state index contributed by atoms with van der Waals surface area (Å²) in [6, 6.07) is 9.27. The van der Waals surface area contributed by atoms with E-state index >= 15 is 0 Å². The van der Waals surface area contributed by atoms with Crippen LogP contribution in [-0.4, -0.2) is 47.0 Å². The number of hydrogen-bond acceptors (Lipinski definition) is 5. The Bertz CT molecular complexity index is 683. The summed E-state index contributed by atoms with van der Waals surface area (Å²) < 4.78 is 0. The first-order valence-corrected chi connectivity index (χ1v) is 7.86. The van der Waals surface area contributed by atoms with E-state index in [2.05, 4.69) is 20.2 Å². The number of aromatic nitrogens is 2. The standard InChI is InChI=1S/C16H18ClN5O/c1-12(23)21-8-10-22(11-9-21)15-6-7-18-16(20-15)19-14-4-2-13(17)3-5-14/h2-7H,8-11H2,1H3,(H,18,19,20). The zero-order valence-corrected chi connectivity index (χ0v) is 13.6. The molecule has 1 saturated heterocycles. The summed E-state index contributed by atoms with van der Waals surface area (Å²) >= 11 is 5.88. The normalized spacial score (nSPS) is 14.7. The van der Waals surface area contributed by atoms with E-state index in [1.54, 1.807) is 13.1 Å². The molecule has 1 aromatic carbocycles. The Kier molecular flexibility index (Phi) is 4.62. The minimum Gasteiger partial charge on any atom is -0.353 e. The highest BCUT2D eigenvalue weighted by molar-refractivity contribution is 6.30. The number of rotatable bonds is 3. The maximum Gasteiger partial charge on any atom is 0.229 e. The quantitative estimate of drug-likeness (QED) is 0.936. The van der Waals surface area contributed by atoms with Crippen molar-refractivity contribution in [3.63, 3.8) is 0 Å². The molecule has 0 radical (unpaired) electrons. The lowest BCUT2D eigenvalue weighted by molar-refractivity contribution is -0.129. The first kappa shape index (κ1) is 15.6. The Labute approximate surface area is 140 Å². The molecule has 120 valence electrons. The SMILES string of the molecule is CC(=O)N1CCN(c2ccnc(Nc3ccc(Cl)cc3)n2)CC1. The fraction of sp³-hybridized carbons (Fsp3) is 0.312. The second kappa shape index (κ2) is 6.83. The average Bonchev–Trinajstić information content (AvgIpc) is 2.57. The van der Waals surface area contributed by atoms with Crippen LogP contribution >= 0.6 is 11.6 Å². The van der Waals surface area contributed by atoms with Gasteiger partial charge in [0.15, 0.2) is 0 Å². The number of carbonyl (C=O) groups is 1. The fourth-order valence-corrected chi connectivity index (χ4v) is 2.62. The van der Waals surface area contributed by atoms with Gasteiger partial charge in [0, 0.05) is 50.0 Å². The van der Waals surface area contributed by atoms with Gasteiger partial charge in [-0.25, -0.2) is 4.98 Å². The second-order valence-electron chi connectivity index (χ2n) is 5.36. The Morgan fingerprint density at radius 2 is 1.83 bits per heavy atom.